The van der Waals surface area contributed by atoms with E-state index in [1.807, 2.05) is 6.92 Å². The van der Waals surface area contributed by atoms with Gasteiger partial charge in [-0.05, 0) is 25.7 Å². The molecule has 1 heterocycles. The molecule has 3 amide bonds. The van der Waals surface area contributed by atoms with Crippen molar-refractivity contribution in [3.8, 4) is 0 Å². The molecule has 0 aromatic carbocycles. The van der Waals surface area contributed by atoms with Gasteiger partial charge < -0.3 is 43.2 Å². The third-order valence-electron chi connectivity index (χ3n) is 5.44. The molecule has 14 heteroatoms. The Labute approximate surface area is 203 Å². The number of aliphatic carboxylic acids is 1. The van der Waals surface area contributed by atoms with Crippen molar-refractivity contribution in [2.24, 2.45) is 28.1 Å². The second-order valence-corrected chi connectivity index (χ2v) is 8.34. The van der Waals surface area contributed by atoms with Crippen LogP contribution in [-0.4, -0.2) is 75.4 Å². The van der Waals surface area contributed by atoms with Gasteiger partial charge in [-0.3, -0.25) is 19.4 Å². The van der Waals surface area contributed by atoms with Gasteiger partial charge >= 0.3 is 5.97 Å². The van der Waals surface area contributed by atoms with Crippen LogP contribution in [0.4, 0.5) is 0 Å². The number of H-pyrrole nitrogens is 1. The van der Waals surface area contributed by atoms with Gasteiger partial charge in [-0.1, -0.05) is 20.3 Å². The lowest BCUT2D eigenvalue weighted by Gasteiger charge is -2.25. The third kappa shape index (κ3) is 10.4. The first-order valence-corrected chi connectivity index (χ1v) is 11.4. The van der Waals surface area contributed by atoms with Gasteiger partial charge in [-0.2, -0.15) is 0 Å². The minimum absolute atomic E-state index is 0.111. The lowest BCUT2D eigenvalue weighted by molar-refractivity contribution is -0.143. The van der Waals surface area contributed by atoms with Crippen molar-refractivity contribution in [3.63, 3.8) is 0 Å². The van der Waals surface area contributed by atoms with E-state index in [0.29, 0.717) is 18.5 Å². The molecule has 1 aromatic heterocycles. The zero-order valence-electron chi connectivity index (χ0n) is 20.3. The summed E-state index contributed by atoms with van der Waals surface area (Å²) in [7, 11) is 0. The summed E-state index contributed by atoms with van der Waals surface area (Å²) in [4.78, 5) is 60.1. The molecule has 0 fully saturated rings. The number of nitrogens with zero attached hydrogens (tertiary/aromatic N) is 2. The molecule has 35 heavy (non-hydrogen) atoms. The van der Waals surface area contributed by atoms with Crippen LogP contribution in [0.2, 0.25) is 0 Å². The molecule has 0 bridgehead atoms. The lowest BCUT2D eigenvalue weighted by atomic mass is 9.98. The number of aromatic amines is 1. The van der Waals surface area contributed by atoms with Crippen LogP contribution >= 0.6 is 0 Å². The molecule has 0 saturated heterocycles. The highest BCUT2D eigenvalue weighted by Gasteiger charge is 2.30. The Balaban J connectivity index is 2.82. The molecule has 0 aliphatic carbocycles. The standard InChI is InChI=1S/C21H37N9O5/c1-4-11(2)16(20(34)35)30-19(33)15(6-5-7-26-21(23)24)29-17(31)12(3)28-18(32)14(22)8-13-9-25-10-27-13/h9-12,14-16H,4-8,22H2,1-3H3,(H,25,27)(H,28,32)(H,29,31)(H,30,33)(H,34,35)(H4,23,24,26). The number of carboxylic acids is 1. The summed E-state index contributed by atoms with van der Waals surface area (Å²) < 4.78 is 0. The van der Waals surface area contributed by atoms with E-state index < -0.39 is 47.9 Å². The predicted octanol–water partition coefficient (Wildman–Crippen LogP) is -2.06. The fourth-order valence-corrected chi connectivity index (χ4v) is 3.12. The molecule has 1 aromatic rings. The van der Waals surface area contributed by atoms with E-state index in [1.54, 1.807) is 13.1 Å². The van der Waals surface area contributed by atoms with Crippen molar-refractivity contribution < 1.29 is 24.3 Å². The third-order valence-corrected chi connectivity index (χ3v) is 5.44. The number of nitrogens with one attached hydrogen (secondary N) is 4. The Morgan fingerprint density at radius 3 is 2.34 bits per heavy atom. The number of imidazole rings is 1. The SMILES string of the molecule is CCC(C)C(NC(=O)C(CCCN=C(N)N)NC(=O)C(C)NC(=O)C(N)Cc1cnc[nH]1)C(=O)O. The van der Waals surface area contributed by atoms with E-state index >= 15 is 0 Å². The van der Waals surface area contributed by atoms with Crippen molar-refractivity contribution in [1.29, 1.82) is 0 Å². The first kappa shape index (κ1) is 29.4. The average molecular weight is 496 g/mol. The van der Waals surface area contributed by atoms with E-state index in [4.69, 9.17) is 17.2 Å². The Morgan fingerprint density at radius 1 is 1.11 bits per heavy atom. The summed E-state index contributed by atoms with van der Waals surface area (Å²) >= 11 is 0. The molecule has 196 valence electrons. The molecule has 0 spiro atoms. The van der Waals surface area contributed by atoms with Crippen LogP contribution < -0.4 is 33.2 Å². The number of carboxylic acid groups (broad SMARTS) is 1. The van der Waals surface area contributed by atoms with Crippen LogP contribution in [-0.2, 0) is 25.6 Å². The van der Waals surface area contributed by atoms with Crippen molar-refractivity contribution >= 4 is 29.7 Å². The smallest absolute Gasteiger partial charge is 0.326 e. The van der Waals surface area contributed by atoms with Crippen LogP contribution in [0.3, 0.4) is 0 Å². The molecular formula is C21H37N9O5. The van der Waals surface area contributed by atoms with Crippen molar-refractivity contribution in [1.82, 2.24) is 25.9 Å². The molecule has 0 aliphatic heterocycles. The fourth-order valence-electron chi connectivity index (χ4n) is 3.12. The first-order chi connectivity index (χ1) is 16.5. The van der Waals surface area contributed by atoms with Crippen molar-refractivity contribution in [3.05, 3.63) is 18.2 Å². The number of carbonyl (C=O) groups is 4. The number of rotatable bonds is 15. The van der Waals surface area contributed by atoms with Gasteiger partial charge in [0.2, 0.25) is 17.7 Å². The van der Waals surface area contributed by atoms with E-state index in [1.165, 1.54) is 13.3 Å². The zero-order chi connectivity index (χ0) is 26.5. The van der Waals surface area contributed by atoms with E-state index in [0.717, 1.165) is 0 Å². The lowest BCUT2D eigenvalue weighted by Crippen LogP contribution is -2.57. The van der Waals surface area contributed by atoms with Crippen LogP contribution in [0.15, 0.2) is 17.5 Å². The quantitative estimate of drug-likeness (QED) is 0.0756. The van der Waals surface area contributed by atoms with Crippen LogP contribution in [0.5, 0.6) is 0 Å². The van der Waals surface area contributed by atoms with Crippen LogP contribution in [0, 0.1) is 5.92 Å². The van der Waals surface area contributed by atoms with Gasteiger partial charge in [-0.25, -0.2) is 9.78 Å². The Kier molecular flexibility index (Phi) is 12.2. The molecule has 5 atom stereocenters. The van der Waals surface area contributed by atoms with Gasteiger partial charge in [0, 0.05) is 24.9 Å². The number of aliphatic imine (C=N–C) groups is 1. The summed E-state index contributed by atoms with van der Waals surface area (Å²) in [6.07, 6.45) is 4.21. The Hall–Kier alpha value is -3.68. The summed E-state index contributed by atoms with van der Waals surface area (Å²) in [5, 5.41) is 17.1. The van der Waals surface area contributed by atoms with Crippen molar-refractivity contribution in [2.45, 2.75) is 70.6 Å². The highest BCUT2D eigenvalue weighted by atomic mass is 16.4. The maximum Gasteiger partial charge on any atom is 0.326 e. The average Bonchev–Trinajstić information content (AvgIpc) is 3.31. The minimum Gasteiger partial charge on any atom is -0.480 e. The van der Waals surface area contributed by atoms with E-state index in [-0.39, 0.29) is 31.3 Å². The minimum atomic E-state index is -1.18. The van der Waals surface area contributed by atoms with Gasteiger partial charge in [-0.15, -0.1) is 0 Å². The molecule has 1 rings (SSSR count). The molecule has 0 aliphatic rings. The molecule has 0 saturated carbocycles. The number of carbonyl (C=O) groups excluding carboxylic acids is 3. The van der Waals surface area contributed by atoms with E-state index in [2.05, 4.69) is 30.9 Å². The fraction of sp³-hybridized carbons (Fsp3) is 0.619. The second-order valence-electron chi connectivity index (χ2n) is 8.34. The molecule has 11 N–H and O–H groups in total. The van der Waals surface area contributed by atoms with Gasteiger partial charge in [0.1, 0.15) is 18.1 Å². The topological polar surface area (TPSA) is 244 Å². The monoisotopic (exact) mass is 495 g/mol. The largest absolute Gasteiger partial charge is 0.480 e. The highest BCUT2D eigenvalue weighted by molar-refractivity contribution is 5.94. The van der Waals surface area contributed by atoms with Crippen LogP contribution in [0.1, 0.15) is 45.7 Å². The number of aromatic nitrogens is 2. The van der Waals surface area contributed by atoms with Gasteiger partial charge in [0.05, 0.1) is 12.4 Å². The summed E-state index contributed by atoms with van der Waals surface area (Å²) in [5.41, 5.74) is 17.2. The molecule has 14 nitrogen and oxygen atoms in total. The van der Waals surface area contributed by atoms with Crippen LogP contribution in [0.25, 0.3) is 0 Å². The van der Waals surface area contributed by atoms with Gasteiger partial charge in [0.25, 0.3) is 0 Å². The number of amides is 3. The zero-order valence-corrected chi connectivity index (χ0v) is 20.3. The van der Waals surface area contributed by atoms with E-state index in [9.17, 15) is 24.3 Å². The Morgan fingerprint density at radius 2 is 1.80 bits per heavy atom. The maximum absolute atomic E-state index is 12.9. The number of hydrogen-bond acceptors (Lipinski definition) is 7. The highest BCUT2D eigenvalue weighted by Crippen LogP contribution is 2.09. The summed E-state index contributed by atoms with van der Waals surface area (Å²) in [5.74, 6) is -3.47. The normalized spacial score (nSPS) is 15.1. The predicted molar refractivity (Wildman–Crippen MR) is 129 cm³/mol. The molecular weight excluding hydrogens is 458 g/mol. The second kappa shape index (κ2) is 14.6. The molecule has 0 radical (unpaired) electrons. The maximum atomic E-state index is 12.9. The van der Waals surface area contributed by atoms with Gasteiger partial charge in [0.15, 0.2) is 5.96 Å². The summed E-state index contributed by atoms with van der Waals surface area (Å²) in [6.45, 7) is 5.17. The number of hydrogen-bond donors (Lipinski definition) is 8. The van der Waals surface area contributed by atoms with Crippen molar-refractivity contribution in [2.75, 3.05) is 6.54 Å². The molecule has 5 unspecified atom stereocenters. The number of guanidine groups is 1. The summed E-state index contributed by atoms with van der Waals surface area (Å²) in [6, 6.07) is -4.12. The number of nitrogens with two attached hydrogens (primary N) is 3. The Bertz CT molecular complexity index is 871. The first-order valence-electron chi connectivity index (χ1n) is 11.4.